The van der Waals surface area contributed by atoms with E-state index in [2.05, 4.69) is 18.3 Å². The molecule has 1 saturated heterocycles. The number of aromatic nitrogens is 1. The molecule has 1 amide bonds. The molecule has 29 heavy (non-hydrogen) atoms. The first kappa shape index (κ1) is 21.4. The van der Waals surface area contributed by atoms with Crippen LogP contribution in [0.3, 0.4) is 0 Å². The van der Waals surface area contributed by atoms with Gasteiger partial charge in [-0.1, -0.05) is 13.0 Å². The standard InChI is InChI=1S/C21H27N3O4S/c1-4-18-9-8-16(2)24(15-18)17(3)21(25)22-19-6-5-7-20(14-19)29(26,27)23-10-12-28-13-11-23/h5-9,14-15,17H,4,10-13H2,1-3H3/p+1/t17-/m0/s1. The van der Waals surface area contributed by atoms with Gasteiger partial charge >= 0.3 is 0 Å². The average Bonchev–Trinajstić information content (AvgIpc) is 2.74. The van der Waals surface area contributed by atoms with Crippen LogP contribution >= 0.6 is 0 Å². The third-order valence-corrected chi connectivity index (χ3v) is 7.06. The summed E-state index contributed by atoms with van der Waals surface area (Å²) >= 11 is 0. The molecule has 0 bridgehead atoms. The number of amides is 1. The molecule has 0 aliphatic carbocycles. The molecule has 0 radical (unpaired) electrons. The maximum atomic E-state index is 12.8. The Bertz CT molecular complexity index is 985. The van der Waals surface area contributed by atoms with Gasteiger partial charge in [-0.25, -0.2) is 8.42 Å². The molecule has 156 valence electrons. The first-order valence-corrected chi connectivity index (χ1v) is 11.3. The van der Waals surface area contributed by atoms with Gasteiger partial charge in [0.2, 0.25) is 16.1 Å². The van der Waals surface area contributed by atoms with Crippen LogP contribution in [0, 0.1) is 6.92 Å². The number of hydrogen-bond acceptors (Lipinski definition) is 4. The average molecular weight is 419 g/mol. The summed E-state index contributed by atoms with van der Waals surface area (Å²) in [5, 5.41) is 2.85. The minimum Gasteiger partial charge on any atom is -0.379 e. The summed E-state index contributed by atoms with van der Waals surface area (Å²) in [6, 6.07) is 10.0. The lowest BCUT2D eigenvalue weighted by molar-refractivity contribution is -0.711. The van der Waals surface area contributed by atoms with E-state index in [-0.39, 0.29) is 10.8 Å². The van der Waals surface area contributed by atoms with Gasteiger partial charge in [0.25, 0.3) is 5.91 Å². The quantitative estimate of drug-likeness (QED) is 0.729. The highest BCUT2D eigenvalue weighted by Gasteiger charge is 2.28. The van der Waals surface area contributed by atoms with Crippen LogP contribution in [0.4, 0.5) is 5.69 Å². The SMILES string of the molecule is CCc1ccc(C)[n+]([C@@H](C)C(=O)Nc2cccc(S(=O)(=O)N3CCOCC3)c2)c1. The van der Waals surface area contributed by atoms with Crippen LogP contribution in [0.1, 0.15) is 31.1 Å². The van der Waals surface area contributed by atoms with E-state index in [1.807, 2.05) is 30.7 Å². The van der Waals surface area contributed by atoms with Crippen LogP contribution < -0.4 is 9.88 Å². The molecular weight excluding hydrogens is 390 g/mol. The molecule has 3 rings (SSSR count). The molecule has 1 N–H and O–H groups in total. The highest BCUT2D eigenvalue weighted by atomic mass is 32.2. The van der Waals surface area contributed by atoms with Gasteiger partial charge in [0.1, 0.15) is 0 Å². The van der Waals surface area contributed by atoms with Gasteiger partial charge < -0.3 is 10.1 Å². The number of sulfonamides is 1. The predicted octanol–water partition coefficient (Wildman–Crippen LogP) is 2.07. The monoisotopic (exact) mass is 418 g/mol. The van der Waals surface area contributed by atoms with Crippen molar-refractivity contribution in [2.75, 3.05) is 31.6 Å². The van der Waals surface area contributed by atoms with E-state index < -0.39 is 16.1 Å². The van der Waals surface area contributed by atoms with E-state index in [9.17, 15) is 13.2 Å². The van der Waals surface area contributed by atoms with E-state index in [1.54, 1.807) is 18.2 Å². The Morgan fingerprint density at radius 2 is 1.97 bits per heavy atom. The first-order chi connectivity index (χ1) is 13.8. The van der Waals surface area contributed by atoms with Gasteiger partial charge in [0.05, 0.1) is 18.1 Å². The lowest BCUT2D eigenvalue weighted by Gasteiger charge is -2.26. The van der Waals surface area contributed by atoms with Crippen molar-refractivity contribution in [3.8, 4) is 0 Å². The second kappa shape index (κ2) is 9.02. The van der Waals surface area contributed by atoms with Gasteiger partial charge in [-0.15, -0.1) is 0 Å². The Balaban J connectivity index is 1.78. The van der Waals surface area contributed by atoms with Crippen molar-refractivity contribution in [2.24, 2.45) is 0 Å². The van der Waals surface area contributed by atoms with Gasteiger partial charge in [-0.05, 0) is 30.7 Å². The molecule has 0 spiro atoms. The topological polar surface area (TPSA) is 79.6 Å². The Labute approximate surface area is 172 Å². The number of anilines is 1. The van der Waals surface area contributed by atoms with Crippen molar-refractivity contribution in [3.63, 3.8) is 0 Å². The summed E-state index contributed by atoms with van der Waals surface area (Å²) in [6.07, 6.45) is 2.87. The number of carbonyl (C=O) groups excluding carboxylic acids is 1. The lowest BCUT2D eigenvalue weighted by atomic mass is 10.2. The minimum absolute atomic E-state index is 0.168. The predicted molar refractivity (Wildman–Crippen MR) is 110 cm³/mol. The van der Waals surface area contributed by atoms with Crippen LogP contribution in [-0.2, 0) is 26.0 Å². The van der Waals surface area contributed by atoms with Gasteiger partial charge in [0, 0.05) is 44.3 Å². The number of pyridine rings is 1. The number of ether oxygens (including phenoxy) is 1. The smallest absolute Gasteiger partial charge is 0.293 e. The van der Waals surface area contributed by atoms with Crippen LogP contribution in [0.5, 0.6) is 0 Å². The third-order valence-electron chi connectivity index (χ3n) is 5.17. The van der Waals surface area contributed by atoms with Crippen molar-refractivity contribution in [1.82, 2.24) is 4.31 Å². The summed E-state index contributed by atoms with van der Waals surface area (Å²) in [5.41, 5.74) is 2.59. The number of nitrogens with one attached hydrogen (secondary N) is 1. The second-order valence-corrected chi connectivity index (χ2v) is 9.09. The van der Waals surface area contributed by atoms with E-state index in [4.69, 9.17) is 4.74 Å². The molecule has 7 nitrogen and oxygen atoms in total. The van der Waals surface area contributed by atoms with E-state index in [0.717, 1.165) is 17.7 Å². The fraction of sp³-hybridized carbons (Fsp3) is 0.429. The summed E-state index contributed by atoms with van der Waals surface area (Å²) in [5.74, 6) is -0.202. The second-order valence-electron chi connectivity index (χ2n) is 7.15. The largest absolute Gasteiger partial charge is 0.379 e. The summed E-state index contributed by atoms with van der Waals surface area (Å²) in [6.45, 7) is 7.30. The maximum absolute atomic E-state index is 12.8. The highest BCUT2D eigenvalue weighted by molar-refractivity contribution is 7.89. The van der Waals surface area contributed by atoms with Crippen molar-refractivity contribution in [1.29, 1.82) is 0 Å². The van der Waals surface area contributed by atoms with Gasteiger partial charge in [-0.3, -0.25) is 4.79 Å². The van der Waals surface area contributed by atoms with Crippen LogP contribution in [0.2, 0.25) is 0 Å². The zero-order valence-electron chi connectivity index (χ0n) is 17.1. The Kier molecular flexibility index (Phi) is 6.66. The van der Waals surface area contributed by atoms with Crippen LogP contribution in [-0.4, -0.2) is 44.9 Å². The Hall–Kier alpha value is -2.29. The number of nitrogens with zero attached hydrogens (tertiary/aromatic N) is 2. The minimum atomic E-state index is -3.61. The van der Waals surface area contributed by atoms with E-state index in [0.29, 0.717) is 32.0 Å². The molecule has 8 heteroatoms. The molecule has 2 aromatic rings. The fourth-order valence-electron chi connectivity index (χ4n) is 3.31. The Morgan fingerprint density at radius 1 is 1.24 bits per heavy atom. The number of morpholine rings is 1. The van der Waals surface area contributed by atoms with Crippen molar-refractivity contribution < 1.29 is 22.5 Å². The summed E-state index contributed by atoms with van der Waals surface area (Å²) in [7, 11) is -3.61. The first-order valence-electron chi connectivity index (χ1n) is 9.82. The number of carbonyl (C=O) groups is 1. The zero-order chi connectivity index (χ0) is 21.0. The highest BCUT2D eigenvalue weighted by Crippen LogP contribution is 2.21. The molecule has 1 aromatic carbocycles. The number of benzene rings is 1. The van der Waals surface area contributed by atoms with Gasteiger partial charge in [-0.2, -0.15) is 8.87 Å². The maximum Gasteiger partial charge on any atom is 0.293 e. The molecule has 1 aliphatic rings. The van der Waals surface area contributed by atoms with Crippen molar-refractivity contribution in [3.05, 3.63) is 53.9 Å². The lowest BCUT2D eigenvalue weighted by Crippen LogP contribution is -2.47. The normalized spacial score (nSPS) is 16.4. The van der Waals surface area contributed by atoms with Crippen LogP contribution in [0.25, 0.3) is 0 Å². The third kappa shape index (κ3) is 4.83. The molecular formula is C21H28N3O4S+. The number of hydrogen-bond donors (Lipinski definition) is 1. The van der Waals surface area contributed by atoms with E-state index >= 15 is 0 Å². The summed E-state index contributed by atoms with van der Waals surface area (Å²) < 4.78 is 34.3. The molecule has 1 aliphatic heterocycles. The zero-order valence-corrected chi connectivity index (χ0v) is 17.9. The van der Waals surface area contributed by atoms with Crippen LogP contribution in [0.15, 0.2) is 47.5 Å². The number of aryl methyl sites for hydroxylation is 2. The summed E-state index contributed by atoms with van der Waals surface area (Å²) in [4.78, 5) is 13.0. The molecule has 1 atom stereocenters. The molecule has 1 fully saturated rings. The molecule has 0 saturated carbocycles. The fourth-order valence-corrected chi connectivity index (χ4v) is 4.76. The molecule has 0 unspecified atom stereocenters. The molecule has 2 heterocycles. The molecule has 1 aromatic heterocycles. The Morgan fingerprint density at radius 3 is 2.66 bits per heavy atom. The number of rotatable bonds is 6. The van der Waals surface area contributed by atoms with Gasteiger partial charge in [0.15, 0.2) is 11.9 Å². The van der Waals surface area contributed by atoms with E-state index in [1.165, 1.54) is 10.4 Å². The van der Waals surface area contributed by atoms with Crippen molar-refractivity contribution >= 4 is 21.6 Å². The van der Waals surface area contributed by atoms with Crippen molar-refractivity contribution in [2.45, 2.75) is 38.1 Å².